The Morgan fingerprint density at radius 2 is 2.26 bits per heavy atom. The Morgan fingerprint density at radius 1 is 1.43 bits per heavy atom. The van der Waals surface area contributed by atoms with Crippen molar-refractivity contribution in [2.45, 2.75) is 20.4 Å². The topological polar surface area (TPSA) is 89.3 Å². The van der Waals surface area contributed by atoms with Gasteiger partial charge in [-0.25, -0.2) is 9.48 Å². The van der Waals surface area contributed by atoms with Crippen molar-refractivity contribution in [3.05, 3.63) is 52.3 Å². The first-order valence-electron chi connectivity index (χ1n) is 7.27. The van der Waals surface area contributed by atoms with E-state index in [1.807, 2.05) is 18.2 Å². The van der Waals surface area contributed by atoms with Crippen LogP contribution < -0.4 is 0 Å². The maximum absolute atomic E-state index is 11.9. The molecule has 1 N–H and O–H groups in total. The van der Waals surface area contributed by atoms with Gasteiger partial charge in [0.2, 0.25) is 0 Å². The third kappa shape index (κ3) is 2.73. The van der Waals surface area contributed by atoms with Gasteiger partial charge in [-0.2, -0.15) is 10.0 Å². The minimum atomic E-state index is -0.384. The number of hydrogen-bond donors (Lipinski definition) is 1. The monoisotopic (exact) mass is 312 g/mol. The molecule has 2 heterocycles. The van der Waals surface area contributed by atoms with Gasteiger partial charge in [-0.1, -0.05) is 5.18 Å². The number of benzene rings is 1. The number of H-pyrrole nitrogens is 1. The zero-order valence-electron chi connectivity index (χ0n) is 12.9. The van der Waals surface area contributed by atoms with E-state index in [4.69, 9.17) is 4.74 Å². The van der Waals surface area contributed by atoms with E-state index in [2.05, 4.69) is 15.3 Å². The number of carbonyl (C=O) groups excluding carboxylic acids is 1. The highest BCUT2D eigenvalue weighted by molar-refractivity contribution is 5.90. The molecule has 7 nitrogen and oxygen atoms in total. The van der Waals surface area contributed by atoms with Gasteiger partial charge in [0.25, 0.3) is 0 Å². The molecule has 7 heteroatoms. The zero-order chi connectivity index (χ0) is 16.4. The molecule has 0 aliphatic heterocycles. The predicted octanol–water partition coefficient (Wildman–Crippen LogP) is 3.11. The van der Waals surface area contributed by atoms with Gasteiger partial charge in [0.05, 0.1) is 18.0 Å². The Labute approximate surface area is 132 Å². The molecule has 118 valence electrons. The van der Waals surface area contributed by atoms with Gasteiger partial charge in [-0.3, -0.25) is 0 Å². The number of esters is 1. The number of rotatable bonds is 5. The molecule has 0 unspecified atom stereocenters. The second kappa shape index (κ2) is 6.04. The van der Waals surface area contributed by atoms with Crippen LogP contribution in [0.4, 0.5) is 0 Å². The predicted molar refractivity (Wildman–Crippen MR) is 85.6 cm³/mol. The van der Waals surface area contributed by atoms with Gasteiger partial charge in [0, 0.05) is 28.9 Å². The fourth-order valence-electron chi connectivity index (χ4n) is 2.51. The fraction of sp³-hybridized carbons (Fsp3) is 0.250. The van der Waals surface area contributed by atoms with Crippen LogP contribution in [-0.2, 0) is 11.3 Å². The lowest BCUT2D eigenvalue weighted by Gasteiger charge is -2.02. The van der Waals surface area contributed by atoms with E-state index in [-0.39, 0.29) is 12.5 Å². The minimum absolute atomic E-state index is 0.107. The van der Waals surface area contributed by atoms with Crippen molar-refractivity contribution >= 4 is 16.9 Å². The lowest BCUT2D eigenvalue weighted by Crippen LogP contribution is -2.04. The first-order valence-corrected chi connectivity index (χ1v) is 7.27. The quantitative estimate of drug-likeness (QED) is 0.579. The summed E-state index contributed by atoms with van der Waals surface area (Å²) in [6.07, 6.45) is 3.42. The zero-order valence-corrected chi connectivity index (χ0v) is 12.9. The summed E-state index contributed by atoms with van der Waals surface area (Å²) in [6.45, 7) is 3.95. The molecule has 0 aliphatic carbocycles. The van der Waals surface area contributed by atoms with Crippen molar-refractivity contribution in [1.29, 1.82) is 0 Å². The molecule has 0 bridgehead atoms. The standard InChI is InChI=1S/C16H16N4O3/c1-3-23-16(21)14-9-20(19-10(14)2)12-4-5-15-13(6-12)11(7-17-15)8-18-22/h4-7,9,17H,3,8H2,1-2H3. The van der Waals surface area contributed by atoms with Gasteiger partial charge in [-0.05, 0) is 32.0 Å². The third-order valence-electron chi connectivity index (χ3n) is 3.64. The van der Waals surface area contributed by atoms with Crippen LogP contribution in [0.2, 0.25) is 0 Å². The van der Waals surface area contributed by atoms with Crippen LogP contribution in [0.5, 0.6) is 0 Å². The molecule has 0 fully saturated rings. The highest BCUT2D eigenvalue weighted by Crippen LogP contribution is 2.23. The summed E-state index contributed by atoms with van der Waals surface area (Å²) in [5, 5.41) is 8.22. The van der Waals surface area contributed by atoms with Crippen molar-refractivity contribution in [2.75, 3.05) is 6.61 Å². The minimum Gasteiger partial charge on any atom is -0.462 e. The first-order chi connectivity index (χ1) is 11.1. The average molecular weight is 312 g/mol. The van der Waals surface area contributed by atoms with Crippen molar-refractivity contribution in [3.8, 4) is 5.69 Å². The number of aromatic nitrogens is 3. The van der Waals surface area contributed by atoms with Crippen LogP contribution in [0.25, 0.3) is 16.6 Å². The highest BCUT2D eigenvalue weighted by atomic mass is 16.5. The molecule has 0 amide bonds. The number of ether oxygens (including phenoxy) is 1. The maximum atomic E-state index is 11.9. The van der Waals surface area contributed by atoms with Crippen LogP contribution in [0.15, 0.2) is 35.8 Å². The van der Waals surface area contributed by atoms with Crippen LogP contribution in [-0.4, -0.2) is 27.3 Å². The van der Waals surface area contributed by atoms with Crippen LogP contribution >= 0.6 is 0 Å². The number of aryl methyl sites for hydroxylation is 1. The van der Waals surface area contributed by atoms with Gasteiger partial charge in [-0.15, -0.1) is 0 Å². The molecule has 3 rings (SSSR count). The van der Waals surface area contributed by atoms with Gasteiger partial charge in [0.15, 0.2) is 0 Å². The SMILES string of the molecule is CCOC(=O)c1cn(-c2ccc3[nH]cc(CN=O)c3c2)nc1C. The number of carbonyl (C=O) groups is 1. The number of fused-ring (bicyclic) bond motifs is 1. The number of nitrogens with zero attached hydrogens (tertiary/aromatic N) is 3. The van der Waals surface area contributed by atoms with Crippen molar-refractivity contribution in [3.63, 3.8) is 0 Å². The molecule has 1 aromatic carbocycles. The molecule has 0 saturated heterocycles. The smallest absolute Gasteiger partial charge is 0.341 e. The number of aromatic amines is 1. The summed E-state index contributed by atoms with van der Waals surface area (Å²) < 4.78 is 6.65. The first kappa shape index (κ1) is 15.0. The second-order valence-electron chi connectivity index (χ2n) is 5.12. The molecule has 0 spiro atoms. The van der Waals surface area contributed by atoms with Gasteiger partial charge in [0.1, 0.15) is 12.1 Å². The lowest BCUT2D eigenvalue weighted by atomic mass is 10.1. The Hall–Kier alpha value is -2.96. The maximum Gasteiger partial charge on any atom is 0.341 e. The van der Waals surface area contributed by atoms with Crippen LogP contribution in [0, 0.1) is 11.8 Å². The Kier molecular flexibility index (Phi) is 3.92. The fourth-order valence-corrected chi connectivity index (χ4v) is 2.51. The van der Waals surface area contributed by atoms with E-state index in [0.29, 0.717) is 17.9 Å². The van der Waals surface area contributed by atoms with E-state index in [1.165, 1.54) is 0 Å². The summed E-state index contributed by atoms with van der Waals surface area (Å²) in [5.74, 6) is -0.384. The number of hydrogen-bond acceptors (Lipinski definition) is 5. The highest BCUT2D eigenvalue weighted by Gasteiger charge is 2.15. The molecule has 2 aromatic heterocycles. The molecule has 0 atom stereocenters. The molecular weight excluding hydrogens is 296 g/mol. The number of nitrogens with one attached hydrogen (secondary N) is 1. The normalized spacial score (nSPS) is 10.9. The summed E-state index contributed by atoms with van der Waals surface area (Å²) in [5.41, 5.74) is 3.58. The average Bonchev–Trinajstić information content (AvgIpc) is 3.11. The van der Waals surface area contributed by atoms with Gasteiger partial charge < -0.3 is 9.72 Å². The van der Waals surface area contributed by atoms with E-state index >= 15 is 0 Å². The molecule has 0 saturated carbocycles. The summed E-state index contributed by atoms with van der Waals surface area (Å²) in [6, 6.07) is 5.70. The third-order valence-corrected chi connectivity index (χ3v) is 3.64. The summed E-state index contributed by atoms with van der Waals surface area (Å²) in [4.78, 5) is 25.5. The van der Waals surface area contributed by atoms with Crippen molar-refractivity contribution in [2.24, 2.45) is 5.18 Å². The largest absolute Gasteiger partial charge is 0.462 e. The lowest BCUT2D eigenvalue weighted by molar-refractivity contribution is 0.0525. The number of nitroso groups, excluding NO2 is 1. The van der Waals surface area contributed by atoms with E-state index in [1.54, 1.807) is 30.9 Å². The van der Waals surface area contributed by atoms with E-state index in [9.17, 15) is 9.70 Å². The molecule has 3 aromatic rings. The van der Waals surface area contributed by atoms with E-state index in [0.717, 1.165) is 22.2 Å². The molecular formula is C16H16N4O3. The van der Waals surface area contributed by atoms with Crippen molar-refractivity contribution in [1.82, 2.24) is 14.8 Å². The molecule has 23 heavy (non-hydrogen) atoms. The van der Waals surface area contributed by atoms with E-state index < -0.39 is 0 Å². The van der Waals surface area contributed by atoms with Crippen LogP contribution in [0.3, 0.4) is 0 Å². The molecule has 0 radical (unpaired) electrons. The Balaban J connectivity index is 2.03. The van der Waals surface area contributed by atoms with Crippen molar-refractivity contribution < 1.29 is 9.53 Å². The molecule has 0 aliphatic rings. The van der Waals surface area contributed by atoms with Gasteiger partial charge >= 0.3 is 5.97 Å². The second-order valence-corrected chi connectivity index (χ2v) is 5.12. The Bertz CT molecular complexity index is 879. The summed E-state index contributed by atoms with van der Waals surface area (Å²) in [7, 11) is 0. The Morgan fingerprint density at radius 3 is 3.00 bits per heavy atom. The summed E-state index contributed by atoms with van der Waals surface area (Å²) >= 11 is 0. The van der Waals surface area contributed by atoms with Crippen LogP contribution in [0.1, 0.15) is 28.5 Å².